The number of nitriles is 1. The molecule has 166 valence electrons. The molecule has 33 heavy (non-hydrogen) atoms. The highest BCUT2D eigenvalue weighted by Crippen LogP contribution is 2.43. The minimum absolute atomic E-state index is 0.0545. The molecule has 6 nitrogen and oxygen atoms in total. The number of fused-ring (bicyclic) bond motifs is 1. The summed E-state index contributed by atoms with van der Waals surface area (Å²) in [4.78, 5) is 12.4. The van der Waals surface area contributed by atoms with E-state index in [9.17, 15) is 14.4 Å². The molecule has 7 heteroatoms. The van der Waals surface area contributed by atoms with Gasteiger partial charge in [0.25, 0.3) is 0 Å². The number of halogens is 1. The number of hydrogen-bond donors (Lipinski definition) is 1. The monoisotopic (exact) mass is 444 g/mol. The fraction of sp³-hybridized carbons (Fsp3) is 0.154. The Labute approximate surface area is 190 Å². The largest absolute Gasteiger partial charge is 0.481 e. The number of benzene rings is 3. The molecule has 0 aliphatic carbocycles. The third kappa shape index (κ3) is 4.51. The van der Waals surface area contributed by atoms with Gasteiger partial charge < -0.3 is 19.9 Å². The van der Waals surface area contributed by atoms with E-state index in [4.69, 9.17) is 19.9 Å². The fourth-order valence-corrected chi connectivity index (χ4v) is 3.82. The molecule has 1 heterocycles. The van der Waals surface area contributed by atoms with Gasteiger partial charge in [0.05, 0.1) is 5.92 Å². The van der Waals surface area contributed by atoms with Gasteiger partial charge in [-0.3, -0.25) is 0 Å². The molecule has 0 saturated carbocycles. The summed E-state index contributed by atoms with van der Waals surface area (Å²) in [6.45, 7) is 3.54. The molecular formula is C26H21FN2O4. The third-order valence-corrected chi connectivity index (χ3v) is 5.37. The molecule has 0 bridgehead atoms. The number of ether oxygens (including phenoxy) is 3. The van der Waals surface area contributed by atoms with Crippen LogP contribution in [0.4, 0.5) is 4.39 Å². The lowest BCUT2D eigenvalue weighted by atomic mass is 9.83. The number of rotatable bonds is 5. The van der Waals surface area contributed by atoms with Crippen molar-refractivity contribution < 1.29 is 23.4 Å². The smallest absolute Gasteiger partial charge is 0.349 e. The second-order valence-corrected chi connectivity index (χ2v) is 7.66. The lowest BCUT2D eigenvalue weighted by molar-refractivity contribution is -0.136. The number of esters is 1. The van der Waals surface area contributed by atoms with Crippen LogP contribution in [0.15, 0.2) is 72.1 Å². The molecule has 0 saturated heterocycles. The number of nitrogens with zero attached hydrogens (tertiary/aromatic N) is 1. The van der Waals surface area contributed by atoms with Crippen molar-refractivity contribution >= 4 is 5.97 Å². The first-order chi connectivity index (χ1) is 15.9. The van der Waals surface area contributed by atoms with Crippen LogP contribution < -0.4 is 19.9 Å². The van der Waals surface area contributed by atoms with Crippen LogP contribution in [0.5, 0.6) is 17.2 Å². The second-order valence-electron chi connectivity index (χ2n) is 7.66. The van der Waals surface area contributed by atoms with Crippen molar-refractivity contribution in [1.82, 2.24) is 0 Å². The number of carbonyl (C=O) groups is 1. The predicted octanol–water partition coefficient (Wildman–Crippen LogP) is 4.65. The molecule has 0 fully saturated rings. The number of carbonyl (C=O) groups excluding carboxylic acids is 1. The topological polar surface area (TPSA) is 94.6 Å². The zero-order chi connectivity index (χ0) is 23.5. The molecule has 1 unspecified atom stereocenters. The Morgan fingerprint density at radius 2 is 1.82 bits per heavy atom. The summed E-state index contributed by atoms with van der Waals surface area (Å²) < 4.78 is 30.1. The molecule has 3 aromatic rings. The number of aryl methyl sites for hydroxylation is 2. The molecule has 0 aromatic heterocycles. The minimum atomic E-state index is -0.579. The van der Waals surface area contributed by atoms with E-state index in [1.54, 1.807) is 24.3 Å². The fourth-order valence-electron chi connectivity index (χ4n) is 3.82. The van der Waals surface area contributed by atoms with Crippen LogP contribution in [0.1, 0.15) is 28.2 Å². The summed E-state index contributed by atoms with van der Waals surface area (Å²) in [5, 5.41) is 9.61. The van der Waals surface area contributed by atoms with Gasteiger partial charge in [0.15, 0.2) is 6.61 Å². The Hall–Kier alpha value is -4.31. The van der Waals surface area contributed by atoms with Crippen molar-refractivity contribution in [1.29, 1.82) is 5.26 Å². The number of allylic oxidation sites excluding steroid dienone is 1. The van der Waals surface area contributed by atoms with Crippen LogP contribution in [-0.4, -0.2) is 12.6 Å². The predicted molar refractivity (Wildman–Crippen MR) is 119 cm³/mol. The van der Waals surface area contributed by atoms with Crippen molar-refractivity contribution in [2.24, 2.45) is 5.73 Å². The van der Waals surface area contributed by atoms with Gasteiger partial charge in [0.2, 0.25) is 5.88 Å². The maximum Gasteiger partial charge on any atom is 0.349 e. The third-order valence-electron chi connectivity index (χ3n) is 5.37. The summed E-state index contributed by atoms with van der Waals surface area (Å²) in [6.07, 6.45) is 0. The summed E-state index contributed by atoms with van der Waals surface area (Å²) in [6, 6.07) is 18.5. The van der Waals surface area contributed by atoms with Gasteiger partial charge in [-0.2, -0.15) is 5.26 Å². The van der Waals surface area contributed by atoms with Crippen molar-refractivity contribution in [3.8, 4) is 23.3 Å². The van der Waals surface area contributed by atoms with Crippen LogP contribution >= 0.6 is 0 Å². The second kappa shape index (κ2) is 9.05. The van der Waals surface area contributed by atoms with E-state index in [1.165, 1.54) is 18.2 Å². The van der Waals surface area contributed by atoms with Crippen LogP contribution in [-0.2, 0) is 4.79 Å². The zero-order valence-electron chi connectivity index (χ0n) is 18.1. The minimum Gasteiger partial charge on any atom is -0.481 e. The summed E-state index contributed by atoms with van der Waals surface area (Å²) in [7, 11) is 0. The molecule has 0 radical (unpaired) electrons. The van der Waals surface area contributed by atoms with E-state index >= 15 is 0 Å². The first-order valence-corrected chi connectivity index (χ1v) is 10.2. The number of hydrogen-bond acceptors (Lipinski definition) is 6. The molecule has 0 spiro atoms. The Balaban J connectivity index is 1.55. The molecule has 3 aromatic carbocycles. The van der Waals surface area contributed by atoms with Gasteiger partial charge in [-0.25, -0.2) is 9.18 Å². The SMILES string of the molecule is Cc1cccc(C)c1OCC(=O)Oc1ccc2c(c1)OC(N)=C(C#N)C2c1ccc(F)cc1. The molecule has 4 rings (SSSR count). The van der Waals surface area contributed by atoms with Gasteiger partial charge in [-0.1, -0.05) is 36.4 Å². The number of para-hydroxylation sites is 1. The molecule has 0 amide bonds. The highest BCUT2D eigenvalue weighted by Gasteiger charge is 2.31. The van der Waals surface area contributed by atoms with Gasteiger partial charge in [0.1, 0.15) is 34.7 Å². The Morgan fingerprint density at radius 3 is 2.48 bits per heavy atom. The van der Waals surface area contributed by atoms with Crippen LogP contribution in [0.2, 0.25) is 0 Å². The number of nitrogens with two attached hydrogens (primary N) is 1. The van der Waals surface area contributed by atoms with E-state index in [0.29, 0.717) is 22.6 Å². The van der Waals surface area contributed by atoms with Gasteiger partial charge >= 0.3 is 5.97 Å². The van der Waals surface area contributed by atoms with E-state index in [-0.39, 0.29) is 29.6 Å². The average Bonchev–Trinajstić information content (AvgIpc) is 2.78. The zero-order valence-corrected chi connectivity index (χ0v) is 18.1. The summed E-state index contributed by atoms with van der Waals surface area (Å²) in [5.74, 6) is -0.307. The molecular weight excluding hydrogens is 423 g/mol. The quantitative estimate of drug-likeness (QED) is 0.455. The van der Waals surface area contributed by atoms with E-state index in [1.807, 2.05) is 32.0 Å². The lowest BCUT2D eigenvalue weighted by Crippen LogP contribution is -2.22. The Bertz CT molecular complexity index is 1270. The van der Waals surface area contributed by atoms with Crippen molar-refractivity contribution in [2.45, 2.75) is 19.8 Å². The molecule has 1 aliphatic rings. The Morgan fingerprint density at radius 1 is 1.12 bits per heavy atom. The van der Waals surface area contributed by atoms with Crippen molar-refractivity contribution in [2.75, 3.05) is 6.61 Å². The van der Waals surface area contributed by atoms with Crippen molar-refractivity contribution in [3.05, 3.63) is 100 Å². The standard InChI is InChI=1S/C26H21FN2O4/c1-15-4-3-5-16(2)25(15)31-14-23(30)32-19-10-11-20-22(12-19)33-26(29)21(13-28)24(20)17-6-8-18(27)9-7-17/h3-12,24H,14,29H2,1-2H3. The molecule has 2 N–H and O–H groups in total. The average molecular weight is 444 g/mol. The van der Waals surface area contributed by atoms with Gasteiger partial charge in [0, 0.05) is 11.6 Å². The van der Waals surface area contributed by atoms with E-state index in [2.05, 4.69) is 6.07 Å². The van der Waals surface area contributed by atoms with Crippen LogP contribution in [0.25, 0.3) is 0 Å². The van der Waals surface area contributed by atoms with Crippen LogP contribution in [0.3, 0.4) is 0 Å². The maximum atomic E-state index is 13.4. The first kappa shape index (κ1) is 21.9. The summed E-state index contributed by atoms with van der Waals surface area (Å²) >= 11 is 0. The highest BCUT2D eigenvalue weighted by molar-refractivity contribution is 5.74. The van der Waals surface area contributed by atoms with Crippen LogP contribution in [0, 0.1) is 31.0 Å². The normalized spacial score (nSPS) is 14.7. The lowest BCUT2D eigenvalue weighted by Gasteiger charge is -2.26. The van der Waals surface area contributed by atoms with E-state index in [0.717, 1.165) is 11.1 Å². The van der Waals surface area contributed by atoms with E-state index < -0.39 is 11.9 Å². The van der Waals surface area contributed by atoms with Gasteiger partial charge in [-0.15, -0.1) is 0 Å². The maximum absolute atomic E-state index is 13.4. The Kier molecular flexibility index (Phi) is 6.01. The molecule has 1 atom stereocenters. The van der Waals surface area contributed by atoms with Gasteiger partial charge in [-0.05, 0) is 48.7 Å². The highest BCUT2D eigenvalue weighted by atomic mass is 19.1. The summed E-state index contributed by atoms with van der Waals surface area (Å²) in [5.41, 5.74) is 9.40. The first-order valence-electron chi connectivity index (χ1n) is 10.2. The van der Waals surface area contributed by atoms with Crippen molar-refractivity contribution in [3.63, 3.8) is 0 Å². The molecule has 1 aliphatic heterocycles.